The number of rotatable bonds is 9. The summed E-state index contributed by atoms with van der Waals surface area (Å²) in [5.74, 6) is -0.483. The van der Waals surface area contributed by atoms with Gasteiger partial charge in [0, 0.05) is 24.1 Å². The number of anilines is 1. The Balaban J connectivity index is 1.45. The highest BCUT2D eigenvalue weighted by molar-refractivity contribution is 5.93. The first-order valence-corrected chi connectivity index (χ1v) is 9.73. The molecule has 0 saturated heterocycles. The van der Waals surface area contributed by atoms with Gasteiger partial charge in [0.2, 0.25) is 11.8 Å². The van der Waals surface area contributed by atoms with Crippen LogP contribution in [0.3, 0.4) is 0 Å². The van der Waals surface area contributed by atoms with Gasteiger partial charge in [-0.05, 0) is 42.0 Å². The molecule has 3 aromatic carbocycles. The lowest BCUT2D eigenvalue weighted by Gasteiger charge is -2.09. The number of nitrogens with zero attached hydrogens (tertiary/aromatic N) is 1. The van der Waals surface area contributed by atoms with Crippen LogP contribution in [-0.2, 0) is 16.2 Å². The van der Waals surface area contributed by atoms with Crippen LogP contribution < -0.4 is 15.5 Å². The van der Waals surface area contributed by atoms with Crippen molar-refractivity contribution in [2.45, 2.75) is 19.4 Å². The van der Waals surface area contributed by atoms with Crippen LogP contribution in [0.4, 0.5) is 10.1 Å². The smallest absolute Gasteiger partial charge is 0.240 e. The molecule has 6 nitrogen and oxygen atoms in total. The van der Waals surface area contributed by atoms with Gasteiger partial charge < -0.3 is 10.1 Å². The van der Waals surface area contributed by atoms with E-state index < -0.39 is 5.91 Å². The minimum atomic E-state index is -0.395. The van der Waals surface area contributed by atoms with E-state index in [-0.39, 0.29) is 24.6 Å². The van der Waals surface area contributed by atoms with Crippen molar-refractivity contribution in [2.75, 3.05) is 5.32 Å². The number of hydrazone groups is 1. The van der Waals surface area contributed by atoms with Crippen molar-refractivity contribution in [1.82, 2.24) is 5.43 Å². The van der Waals surface area contributed by atoms with Gasteiger partial charge in [-0.1, -0.05) is 42.5 Å². The maximum atomic E-state index is 12.9. The van der Waals surface area contributed by atoms with Gasteiger partial charge in [0.25, 0.3) is 0 Å². The molecule has 0 fully saturated rings. The summed E-state index contributed by atoms with van der Waals surface area (Å²) >= 11 is 0. The van der Waals surface area contributed by atoms with Crippen molar-refractivity contribution in [3.63, 3.8) is 0 Å². The monoisotopic (exact) mass is 419 g/mol. The number of halogens is 1. The average Bonchev–Trinajstić information content (AvgIpc) is 2.79. The highest BCUT2D eigenvalue weighted by Gasteiger charge is 2.07. The number of para-hydroxylation sites is 1. The summed E-state index contributed by atoms with van der Waals surface area (Å²) in [7, 11) is 0. The minimum absolute atomic E-state index is 0.0183. The van der Waals surface area contributed by atoms with Crippen LogP contribution in [0, 0.1) is 5.82 Å². The van der Waals surface area contributed by atoms with Gasteiger partial charge in [0.05, 0.1) is 6.21 Å². The second kappa shape index (κ2) is 11.3. The predicted octanol–water partition coefficient (Wildman–Crippen LogP) is 4.27. The fraction of sp³-hybridized carbons (Fsp3) is 0.125. The van der Waals surface area contributed by atoms with Crippen LogP contribution in [0.25, 0.3) is 0 Å². The lowest BCUT2D eigenvalue weighted by molar-refractivity contribution is -0.124. The molecule has 0 aliphatic carbocycles. The van der Waals surface area contributed by atoms with Crippen molar-refractivity contribution < 1.29 is 18.7 Å². The number of carbonyl (C=O) groups excluding carboxylic acids is 2. The standard InChI is InChI=1S/C24H22FN3O3/c25-20-10-12-21(13-11-20)27-23(29)14-15-24(30)28-26-16-19-8-4-5-9-22(19)31-17-18-6-2-1-3-7-18/h1-13,16H,14-15,17H2,(H,27,29)(H,28,30)/b26-16+. The van der Waals surface area contributed by atoms with E-state index in [2.05, 4.69) is 15.8 Å². The number of hydrogen-bond donors (Lipinski definition) is 2. The molecule has 158 valence electrons. The van der Waals surface area contributed by atoms with Crippen LogP contribution in [0.15, 0.2) is 84.0 Å². The Bertz CT molecular complexity index is 1040. The van der Waals surface area contributed by atoms with E-state index in [9.17, 15) is 14.0 Å². The molecule has 0 heterocycles. The van der Waals surface area contributed by atoms with Gasteiger partial charge in [-0.2, -0.15) is 5.10 Å². The molecular weight excluding hydrogens is 397 g/mol. The Morgan fingerprint density at radius 2 is 1.55 bits per heavy atom. The molecule has 2 amide bonds. The number of carbonyl (C=O) groups is 2. The number of nitrogens with one attached hydrogen (secondary N) is 2. The molecule has 0 spiro atoms. The third-order valence-electron chi connectivity index (χ3n) is 4.26. The zero-order valence-electron chi connectivity index (χ0n) is 16.8. The van der Waals surface area contributed by atoms with Gasteiger partial charge in [0.15, 0.2) is 0 Å². The molecule has 7 heteroatoms. The summed E-state index contributed by atoms with van der Waals surface area (Å²) in [5, 5.41) is 6.55. The molecule has 0 bridgehead atoms. The molecular formula is C24H22FN3O3. The molecule has 0 saturated carbocycles. The third kappa shape index (κ3) is 7.40. The second-order valence-electron chi connectivity index (χ2n) is 6.66. The number of hydrogen-bond acceptors (Lipinski definition) is 4. The largest absolute Gasteiger partial charge is 0.488 e. The lowest BCUT2D eigenvalue weighted by atomic mass is 10.2. The van der Waals surface area contributed by atoms with Crippen LogP contribution in [0.5, 0.6) is 5.75 Å². The predicted molar refractivity (Wildman–Crippen MR) is 117 cm³/mol. The molecule has 0 atom stereocenters. The normalized spacial score (nSPS) is 10.6. The van der Waals surface area contributed by atoms with E-state index in [1.54, 1.807) is 0 Å². The van der Waals surface area contributed by atoms with E-state index in [1.165, 1.54) is 30.5 Å². The first kappa shape index (κ1) is 21.7. The van der Waals surface area contributed by atoms with Crippen molar-refractivity contribution in [3.05, 3.63) is 95.8 Å². The molecule has 0 unspecified atom stereocenters. The topological polar surface area (TPSA) is 79.8 Å². The molecule has 0 radical (unpaired) electrons. The Labute approximate surface area is 179 Å². The van der Waals surface area contributed by atoms with E-state index >= 15 is 0 Å². The van der Waals surface area contributed by atoms with Crippen LogP contribution in [0.1, 0.15) is 24.0 Å². The quantitative estimate of drug-likeness (QED) is 0.401. The number of benzene rings is 3. The van der Waals surface area contributed by atoms with Crippen LogP contribution >= 0.6 is 0 Å². The van der Waals surface area contributed by atoms with Gasteiger partial charge in [-0.15, -0.1) is 0 Å². The summed E-state index contributed by atoms with van der Waals surface area (Å²) in [4.78, 5) is 23.8. The summed E-state index contributed by atoms with van der Waals surface area (Å²) in [6.07, 6.45) is 1.45. The average molecular weight is 419 g/mol. The van der Waals surface area contributed by atoms with Gasteiger partial charge in [-0.3, -0.25) is 9.59 Å². The molecule has 31 heavy (non-hydrogen) atoms. The van der Waals surface area contributed by atoms with Crippen LogP contribution in [0.2, 0.25) is 0 Å². The van der Waals surface area contributed by atoms with Gasteiger partial charge in [-0.25, -0.2) is 9.82 Å². The summed E-state index contributed by atoms with van der Waals surface area (Å²) in [6.45, 7) is 0.418. The fourth-order valence-electron chi connectivity index (χ4n) is 2.67. The van der Waals surface area contributed by atoms with Crippen molar-refractivity contribution in [1.29, 1.82) is 0 Å². The molecule has 0 aliphatic heterocycles. The van der Waals surface area contributed by atoms with E-state index in [0.717, 1.165) is 5.56 Å². The first-order valence-electron chi connectivity index (χ1n) is 9.73. The SMILES string of the molecule is O=C(CCC(=O)Nc1ccc(F)cc1)N/N=C/c1ccccc1OCc1ccccc1. The third-order valence-corrected chi connectivity index (χ3v) is 4.26. The molecule has 3 aromatic rings. The molecule has 0 aromatic heterocycles. The maximum absolute atomic E-state index is 12.9. The Hall–Kier alpha value is -4.00. The lowest BCUT2D eigenvalue weighted by Crippen LogP contribution is -2.20. The van der Waals surface area contributed by atoms with Gasteiger partial charge >= 0.3 is 0 Å². The van der Waals surface area contributed by atoms with Crippen molar-refractivity contribution in [3.8, 4) is 5.75 Å². The number of ether oxygens (including phenoxy) is 1. The minimum Gasteiger partial charge on any atom is -0.488 e. The fourth-order valence-corrected chi connectivity index (χ4v) is 2.67. The van der Waals surface area contributed by atoms with E-state index in [0.29, 0.717) is 23.6 Å². The van der Waals surface area contributed by atoms with Crippen molar-refractivity contribution in [2.24, 2.45) is 5.10 Å². The first-order chi connectivity index (χ1) is 15.1. The maximum Gasteiger partial charge on any atom is 0.240 e. The Morgan fingerprint density at radius 1 is 0.871 bits per heavy atom. The van der Waals surface area contributed by atoms with E-state index in [1.807, 2.05) is 54.6 Å². The molecule has 0 aliphatic rings. The number of amides is 2. The zero-order chi connectivity index (χ0) is 21.9. The summed E-state index contributed by atoms with van der Waals surface area (Å²) < 4.78 is 18.7. The molecule has 2 N–H and O–H groups in total. The van der Waals surface area contributed by atoms with E-state index in [4.69, 9.17) is 4.74 Å². The van der Waals surface area contributed by atoms with Crippen LogP contribution in [-0.4, -0.2) is 18.0 Å². The van der Waals surface area contributed by atoms with Gasteiger partial charge in [0.1, 0.15) is 18.2 Å². The van der Waals surface area contributed by atoms with Crippen molar-refractivity contribution >= 4 is 23.7 Å². The summed E-state index contributed by atoms with van der Waals surface area (Å²) in [5.41, 5.74) is 4.63. The second-order valence-corrected chi connectivity index (χ2v) is 6.66. The molecule has 3 rings (SSSR count). The highest BCUT2D eigenvalue weighted by atomic mass is 19.1. The Morgan fingerprint density at radius 3 is 2.32 bits per heavy atom. The Kier molecular flexibility index (Phi) is 7.88. The zero-order valence-corrected chi connectivity index (χ0v) is 16.8. The summed E-state index contributed by atoms with van der Waals surface area (Å²) in [6, 6.07) is 22.5. The highest BCUT2D eigenvalue weighted by Crippen LogP contribution is 2.17.